The zero-order valence-corrected chi connectivity index (χ0v) is 14.1. The first kappa shape index (κ1) is 16.1. The van der Waals surface area contributed by atoms with Gasteiger partial charge in [-0.3, -0.25) is 4.79 Å². The smallest absolute Gasteiger partial charge is 0.309 e. The highest BCUT2D eigenvalue weighted by atomic mass is 32.1. The third kappa shape index (κ3) is 3.30. The van der Waals surface area contributed by atoms with Crippen molar-refractivity contribution in [3.8, 4) is 10.6 Å². The lowest BCUT2D eigenvalue weighted by Gasteiger charge is -2.13. The highest BCUT2D eigenvalue weighted by Crippen LogP contribution is 2.36. The van der Waals surface area contributed by atoms with E-state index < -0.39 is 6.10 Å². The summed E-state index contributed by atoms with van der Waals surface area (Å²) in [6, 6.07) is 3.92. The van der Waals surface area contributed by atoms with Crippen LogP contribution in [0.4, 0.5) is 0 Å². The van der Waals surface area contributed by atoms with E-state index in [1.165, 1.54) is 4.88 Å². The maximum Gasteiger partial charge on any atom is 0.309 e. The number of hydrogen-bond acceptors (Lipinski definition) is 6. The summed E-state index contributed by atoms with van der Waals surface area (Å²) < 4.78 is 6.74. The first-order chi connectivity index (χ1) is 11.1. The Kier molecular flexibility index (Phi) is 4.77. The fourth-order valence-corrected chi connectivity index (χ4v) is 3.88. The molecule has 1 aliphatic carbocycles. The van der Waals surface area contributed by atoms with Gasteiger partial charge in [0.25, 0.3) is 0 Å². The maximum atomic E-state index is 11.9. The molecule has 0 unspecified atom stereocenters. The summed E-state index contributed by atoms with van der Waals surface area (Å²) in [6.07, 6.45) is 3.20. The molecule has 1 aliphatic rings. The van der Waals surface area contributed by atoms with Gasteiger partial charge in [0.05, 0.1) is 35.7 Å². The molecule has 2 aromatic heterocycles. The number of aryl methyl sites for hydroxylation is 1. The monoisotopic (exact) mass is 335 g/mol. The van der Waals surface area contributed by atoms with Gasteiger partial charge in [0, 0.05) is 4.88 Å². The van der Waals surface area contributed by atoms with Gasteiger partial charge in [-0.25, -0.2) is 4.68 Å². The molecule has 1 fully saturated rings. The van der Waals surface area contributed by atoms with E-state index >= 15 is 0 Å². The van der Waals surface area contributed by atoms with Gasteiger partial charge in [0.15, 0.2) is 0 Å². The first-order valence-corrected chi connectivity index (χ1v) is 8.79. The number of aliphatic hydroxyl groups excluding tert-OH is 1. The minimum absolute atomic E-state index is 0.226. The van der Waals surface area contributed by atoms with Crippen LogP contribution in [0.15, 0.2) is 18.3 Å². The van der Waals surface area contributed by atoms with Gasteiger partial charge in [0.2, 0.25) is 0 Å². The van der Waals surface area contributed by atoms with Gasteiger partial charge < -0.3 is 9.84 Å². The van der Waals surface area contributed by atoms with Gasteiger partial charge in [0.1, 0.15) is 5.69 Å². The van der Waals surface area contributed by atoms with Gasteiger partial charge in [-0.2, -0.15) is 0 Å². The number of rotatable bonds is 5. The van der Waals surface area contributed by atoms with E-state index in [0.29, 0.717) is 19.4 Å². The molecule has 1 saturated carbocycles. The lowest BCUT2D eigenvalue weighted by atomic mass is 10.1. The van der Waals surface area contributed by atoms with E-state index in [-0.39, 0.29) is 17.9 Å². The number of carbonyl (C=O) groups is 1. The fourth-order valence-electron chi connectivity index (χ4n) is 2.99. The number of hydrogen-bond donors (Lipinski definition) is 1. The lowest BCUT2D eigenvalue weighted by Crippen LogP contribution is -2.18. The number of esters is 1. The topological polar surface area (TPSA) is 77.2 Å². The van der Waals surface area contributed by atoms with Gasteiger partial charge in [-0.15, -0.1) is 16.4 Å². The van der Waals surface area contributed by atoms with Crippen LogP contribution in [-0.4, -0.2) is 38.8 Å². The van der Waals surface area contributed by atoms with Crippen molar-refractivity contribution in [3.05, 3.63) is 23.2 Å². The van der Waals surface area contributed by atoms with Crippen LogP contribution in [0.5, 0.6) is 0 Å². The van der Waals surface area contributed by atoms with Gasteiger partial charge >= 0.3 is 5.97 Å². The van der Waals surface area contributed by atoms with Crippen molar-refractivity contribution in [2.24, 2.45) is 5.92 Å². The Labute approximate surface area is 139 Å². The molecule has 0 spiro atoms. The van der Waals surface area contributed by atoms with Crippen LogP contribution in [0.1, 0.15) is 37.6 Å². The number of thiophene rings is 1. The molecule has 7 heteroatoms. The largest absolute Gasteiger partial charge is 0.466 e. The molecule has 0 amide bonds. The number of aliphatic hydroxyl groups is 1. The van der Waals surface area contributed by atoms with E-state index in [0.717, 1.165) is 17.0 Å². The second-order valence-corrected chi connectivity index (χ2v) is 6.93. The summed E-state index contributed by atoms with van der Waals surface area (Å²) in [5.74, 6) is -0.503. The molecule has 124 valence electrons. The molecule has 0 aromatic carbocycles. The molecule has 23 heavy (non-hydrogen) atoms. The number of aromatic nitrogens is 3. The van der Waals surface area contributed by atoms with Crippen molar-refractivity contribution in [2.75, 3.05) is 6.61 Å². The summed E-state index contributed by atoms with van der Waals surface area (Å²) in [5.41, 5.74) is 0.807. The molecule has 6 nitrogen and oxygen atoms in total. The summed E-state index contributed by atoms with van der Waals surface area (Å²) in [5, 5.41) is 18.6. The molecule has 3 rings (SSSR count). The summed E-state index contributed by atoms with van der Waals surface area (Å²) in [4.78, 5) is 14.2. The quantitative estimate of drug-likeness (QED) is 0.849. The van der Waals surface area contributed by atoms with Gasteiger partial charge in [-0.1, -0.05) is 12.1 Å². The third-order valence-corrected chi connectivity index (χ3v) is 5.48. The molecule has 2 heterocycles. The number of ether oxygens (including phenoxy) is 1. The zero-order valence-electron chi connectivity index (χ0n) is 13.3. The molecule has 2 aromatic rings. The lowest BCUT2D eigenvalue weighted by molar-refractivity contribution is -0.148. The van der Waals surface area contributed by atoms with E-state index in [4.69, 9.17) is 4.74 Å². The molecular formula is C16H21N3O3S. The predicted molar refractivity (Wildman–Crippen MR) is 87.1 cm³/mol. The van der Waals surface area contributed by atoms with Crippen molar-refractivity contribution in [2.45, 2.75) is 45.3 Å². The number of nitrogens with zero attached hydrogens (tertiary/aromatic N) is 3. The van der Waals surface area contributed by atoms with Crippen LogP contribution < -0.4 is 0 Å². The predicted octanol–water partition coefficient (Wildman–Crippen LogP) is 2.44. The Morgan fingerprint density at radius 2 is 2.26 bits per heavy atom. The molecule has 0 radical (unpaired) electrons. The van der Waals surface area contributed by atoms with Crippen molar-refractivity contribution in [1.82, 2.24) is 15.0 Å². The van der Waals surface area contributed by atoms with E-state index in [1.54, 1.807) is 22.9 Å². The third-order valence-electron chi connectivity index (χ3n) is 4.23. The van der Waals surface area contributed by atoms with Crippen molar-refractivity contribution in [3.63, 3.8) is 0 Å². The Bertz CT molecular complexity index is 682. The van der Waals surface area contributed by atoms with Crippen LogP contribution >= 0.6 is 11.3 Å². The zero-order chi connectivity index (χ0) is 16.4. The standard InChI is InChI=1S/C16H21N3O3S/c1-3-11-5-6-15(23-11)12-9-19(18-17-12)13-7-10(8-14(13)20)16(21)22-4-2/h5-6,9-10,13-14,20H,3-4,7-8H2,1-2H3/t10-,13+,14+/m0/s1. The van der Waals surface area contributed by atoms with Crippen LogP contribution in [0.3, 0.4) is 0 Å². The first-order valence-electron chi connectivity index (χ1n) is 7.98. The molecule has 0 bridgehead atoms. The molecule has 0 aliphatic heterocycles. The van der Waals surface area contributed by atoms with Crippen LogP contribution in [0.25, 0.3) is 10.6 Å². The average molecular weight is 335 g/mol. The molecule has 1 N–H and O–H groups in total. The fraction of sp³-hybridized carbons (Fsp3) is 0.562. The minimum Gasteiger partial charge on any atom is -0.466 e. The number of carbonyl (C=O) groups excluding carboxylic acids is 1. The molecular weight excluding hydrogens is 314 g/mol. The maximum absolute atomic E-state index is 11.9. The summed E-state index contributed by atoms with van der Waals surface area (Å²) in [6.45, 7) is 4.27. The highest BCUT2D eigenvalue weighted by Gasteiger charge is 2.39. The normalized spacial score (nSPS) is 24.0. The van der Waals surface area contributed by atoms with Crippen molar-refractivity contribution >= 4 is 17.3 Å². The Morgan fingerprint density at radius 3 is 2.96 bits per heavy atom. The van der Waals surface area contributed by atoms with E-state index in [2.05, 4.69) is 23.3 Å². The van der Waals surface area contributed by atoms with Crippen LogP contribution in [-0.2, 0) is 16.0 Å². The highest BCUT2D eigenvalue weighted by molar-refractivity contribution is 7.15. The van der Waals surface area contributed by atoms with Crippen LogP contribution in [0.2, 0.25) is 0 Å². The van der Waals surface area contributed by atoms with E-state index in [9.17, 15) is 9.90 Å². The Morgan fingerprint density at radius 1 is 1.43 bits per heavy atom. The SMILES string of the molecule is CCOC(=O)[C@@H]1C[C@@H](O)[C@H](n2cc(-c3ccc(CC)s3)nn2)C1. The second-order valence-electron chi connectivity index (χ2n) is 5.76. The summed E-state index contributed by atoms with van der Waals surface area (Å²) in [7, 11) is 0. The van der Waals surface area contributed by atoms with E-state index in [1.807, 2.05) is 12.3 Å². The van der Waals surface area contributed by atoms with Crippen LogP contribution in [0, 0.1) is 5.92 Å². The van der Waals surface area contributed by atoms with Crippen molar-refractivity contribution < 1.29 is 14.6 Å². The molecule has 0 saturated heterocycles. The Hall–Kier alpha value is -1.73. The van der Waals surface area contributed by atoms with Gasteiger partial charge in [-0.05, 0) is 38.3 Å². The average Bonchev–Trinajstić information content (AvgIpc) is 3.25. The Balaban J connectivity index is 1.74. The minimum atomic E-state index is -0.603. The summed E-state index contributed by atoms with van der Waals surface area (Å²) >= 11 is 1.70. The van der Waals surface area contributed by atoms with Crippen molar-refractivity contribution in [1.29, 1.82) is 0 Å². The molecule has 3 atom stereocenters. The second kappa shape index (κ2) is 6.80.